The average molecular weight is 409 g/mol. The van der Waals surface area contributed by atoms with Gasteiger partial charge in [0.15, 0.2) is 0 Å². The van der Waals surface area contributed by atoms with Crippen LogP contribution in [0.15, 0.2) is 54.6 Å². The standard InChI is InChI=1S/C22H23N3O5/c1-2-30-22(27)24-13-11-23(12-14-24)21(26)20(18-8-4-3-5-9-18)16-17-7-6-10-19(15-17)25(28)29/h3-10,15-16H,2,11-14H2,1H3/b20-16+. The molecule has 0 atom stereocenters. The van der Waals surface area contributed by atoms with Gasteiger partial charge >= 0.3 is 6.09 Å². The van der Waals surface area contributed by atoms with Gasteiger partial charge < -0.3 is 14.5 Å². The van der Waals surface area contributed by atoms with E-state index in [1.807, 2.05) is 30.3 Å². The summed E-state index contributed by atoms with van der Waals surface area (Å²) in [7, 11) is 0. The van der Waals surface area contributed by atoms with Crippen LogP contribution in [0.25, 0.3) is 11.6 Å². The molecule has 0 N–H and O–H groups in total. The number of rotatable bonds is 5. The first kappa shape index (κ1) is 21.0. The number of nitro groups is 1. The summed E-state index contributed by atoms with van der Waals surface area (Å²) < 4.78 is 5.02. The molecule has 8 heteroatoms. The lowest BCUT2D eigenvalue weighted by atomic mass is 10.0. The van der Waals surface area contributed by atoms with E-state index in [1.165, 1.54) is 12.1 Å². The Labute approximate surface area is 174 Å². The molecule has 2 amide bonds. The van der Waals surface area contributed by atoms with Gasteiger partial charge in [-0.05, 0) is 24.1 Å². The van der Waals surface area contributed by atoms with Gasteiger partial charge in [-0.15, -0.1) is 0 Å². The molecular formula is C22H23N3O5. The van der Waals surface area contributed by atoms with Crippen LogP contribution in [0.3, 0.4) is 0 Å². The van der Waals surface area contributed by atoms with Gasteiger partial charge in [0.05, 0.1) is 11.5 Å². The minimum absolute atomic E-state index is 0.0355. The van der Waals surface area contributed by atoms with Crippen LogP contribution in [0.2, 0.25) is 0 Å². The second-order valence-electron chi connectivity index (χ2n) is 6.75. The van der Waals surface area contributed by atoms with E-state index in [1.54, 1.807) is 34.9 Å². The molecule has 3 rings (SSSR count). The number of hydrogen-bond acceptors (Lipinski definition) is 5. The topological polar surface area (TPSA) is 93.0 Å². The number of carbonyl (C=O) groups is 2. The van der Waals surface area contributed by atoms with Crippen LogP contribution in [-0.2, 0) is 9.53 Å². The Kier molecular flexibility index (Phi) is 6.79. The first-order chi connectivity index (χ1) is 14.5. The summed E-state index contributed by atoms with van der Waals surface area (Å²) in [5, 5.41) is 11.1. The number of non-ortho nitro benzene ring substituents is 1. The molecule has 1 aliphatic rings. The maximum Gasteiger partial charge on any atom is 0.409 e. The third kappa shape index (κ3) is 5.02. The van der Waals surface area contributed by atoms with Crippen LogP contribution < -0.4 is 0 Å². The summed E-state index contributed by atoms with van der Waals surface area (Å²) in [5.41, 5.74) is 1.70. The molecule has 1 aliphatic heterocycles. The molecule has 0 radical (unpaired) electrons. The lowest BCUT2D eigenvalue weighted by Crippen LogP contribution is -2.50. The van der Waals surface area contributed by atoms with Gasteiger partial charge in [-0.1, -0.05) is 42.5 Å². The Hall–Kier alpha value is -3.68. The Morgan fingerprint density at radius 2 is 1.70 bits per heavy atom. The largest absolute Gasteiger partial charge is 0.450 e. The maximum absolute atomic E-state index is 13.3. The summed E-state index contributed by atoms with van der Waals surface area (Å²) in [4.78, 5) is 39.1. The molecule has 30 heavy (non-hydrogen) atoms. The van der Waals surface area contributed by atoms with Crippen molar-refractivity contribution in [2.45, 2.75) is 6.92 Å². The SMILES string of the molecule is CCOC(=O)N1CCN(C(=O)/C(=C/c2cccc([N+](=O)[O-])c2)c2ccccc2)CC1. The second-order valence-corrected chi connectivity index (χ2v) is 6.75. The molecule has 0 bridgehead atoms. The summed E-state index contributed by atoms with van der Waals surface area (Å²) in [5.74, 6) is -0.184. The molecule has 0 unspecified atom stereocenters. The van der Waals surface area contributed by atoms with Gasteiger partial charge in [-0.25, -0.2) is 4.79 Å². The van der Waals surface area contributed by atoms with E-state index >= 15 is 0 Å². The predicted octanol–water partition coefficient (Wildman–Crippen LogP) is 3.44. The summed E-state index contributed by atoms with van der Waals surface area (Å²) >= 11 is 0. The minimum atomic E-state index is -0.462. The van der Waals surface area contributed by atoms with E-state index in [9.17, 15) is 19.7 Å². The highest BCUT2D eigenvalue weighted by Gasteiger charge is 2.27. The Bertz CT molecular complexity index is 950. The molecule has 2 aromatic carbocycles. The Morgan fingerprint density at radius 1 is 1.03 bits per heavy atom. The van der Waals surface area contributed by atoms with Crippen molar-refractivity contribution >= 4 is 29.3 Å². The lowest BCUT2D eigenvalue weighted by molar-refractivity contribution is -0.384. The molecule has 0 aromatic heterocycles. The zero-order valence-electron chi connectivity index (χ0n) is 16.7. The maximum atomic E-state index is 13.3. The van der Waals surface area contributed by atoms with Crippen molar-refractivity contribution in [3.8, 4) is 0 Å². The van der Waals surface area contributed by atoms with Gasteiger partial charge in [0.2, 0.25) is 0 Å². The van der Waals surface area contributed by atoms with Crippen molar-refractivity contribution in [1.82, 2.24) is 9.80 Å². The number of ether oxygens (including phenoxy) is 1. The quantitative estimate of drug-likeness (QED) is 0.326. The number of hydrogen-bond donors (Lipinski definition) is 0. The van der Waals surface area contributed by atoms with Crippen molar-refractivity contribution in [1.29, 1.82) is 0 Å². The monoisotopic (exact) mass is 409 g/mol. The summed E-state index contributed by atoms with van der Waals surface area (Å²) in [6.07, 6.45) is 1.29. The van der Waals surface area contributed by atoms with Crippen LogP contribution in [0, 0.1) is 10.1 Å². The molecule has 8 nitrogen and oxygen atoms in total. The van der Waals surface area contributed by atoms with E-state index in [0.717, 1.165) is 5.56 Å². The molecular weight excluding hydrogens is 386 g/mol. The molecule has 0 spiro atoms. The molecule has 2 aromatic rings. The van der Waals surface area contributed by atoms with E-state index in [-0.39, 0.29) is 17.7 Å². The van der Waals surface area contributed by atoms with Crippen molar-refractivity contribution < 1.29 is 19.2 Å². The molecule has 1 heterocycles. The van der Waals surface area contributed by atoms with E-state index in [0.29, 0.717) is 43.9 Å². The third-order valence-electron chi connectivity index (χ3n) is 4.80. The fourth-order valence-electron chi connectivity index (χ4n) is 3.26. The highest BCUT2D eigenvalue weighted by Crippen LogP contribution is 2.23. The molecule has 0 aliphatic carbocycles. The fraction of sp³-hybridized carbons (Fsp3) is 0.273. The fourth-order valence-corrected chi connectivity index (χ4v) is 3.26. The number of nitrogens with zero attached hydrogens (tertiary/aromatic N) is 3. The number of carbonyl (C=O) groups excluding carboxylic acids is 2. The molecule has 0 saturated carbocycles. The molecule has 156 valence electrons. The summed E-state index contributed by atoms with van der Waals surface area (Å²) in [6.45, 7) is 3.62. The normalized spacial score (nSPS) is 14.4. The van der Waals surface area contributed by atoms with Crippen LogP contribution in [0.1, 0.15) is 18.1 Å². The number of amides is 2. The number of nitro benzene ring substituents is 1. The van der Waals surface area contributed by atoms with Crippen molar-refractivity contribution in [3.63, 3.8) is 0 Å². The first-order valence-corrected chi connectivity index (χ1v) is 9.72. The van der Waals surface area contributed by atoms with Crippen molar-refractivity contribution in [3.05, 3.63) is 75.8 Å². The minimum Gasteiger partial charge on any atom is -0.450 e. The van der Waals surface area contributed by atoms with E-state index in [4.69, 9.17) is 4.74 Å². The average Bonchev–Trinajstić information content (AvgIpc) is 2.78. The van der Waals surface area contributed by atoms with Crippen molar-refractivity contribution in [2.75, 3.05) is 32.8 Å². The second kappa shape index (κ2) is 9.69. The van der Waals surface area contributed by atoms with Gasteiger partial charge in [0, 0.05) is 43.9 Å². The van der Waals surface area contributed by atoms with Gasteiger partial charge in [-0.3, -0.25) is 14.9 Å². The smallest absolute Gasteiger partial charge is 0.409 e. The molecule has 1 fully saturated rings. The van der Waals surface area contributed by atoms with E-state index in [2.05, 4.69) is 0 Å². The van der Waals surface area contributed by atoms with Crippen LogP contribution in [-0.4, -0.2) is 59.5 Å². The summed E-state index contributed by atoms with van der Waals surface area (Å²) in [6, 6.07) is 15.4. The van der Waals surface area contributed by atoms with Gasteiger partial charge in [-0.2, -0.15) is 0 Å². The van der Waals surface area contributed by atoms with Crippen LogP contribution >= 0.6 is 0 Å². The third-order valence-corrected chi connectivity index (χ3v) is 4.80. The zero-order chi connectivity index (χ0) is 21.5. The van der Waals surface area contributed by atoms with Gasteiger partial charge in [0.1, 0.15) is 0 Å². The first-order valence-electron chi connectivity index (χ1n) is 9.72. The van der Waals surface area contributed by atoms with E-state index < -0.39 is 4.92 Å². The highest BCUT2D eigenvalue weighted by atomic mass is 16.6. The Balaban J connectivity index is 1.85. The zero-order valence-corrected chi connectivity index (χ0v) is 16.7. The number of piperazine rings is 1. The number of benzene rings is 2. The van der Waals surface area contributed by atoms with Crippen LogP contribution in [0.5, 0.6) is 0 Å². The van der Waals surface area contributed by atoms with Gasteiger partial charge in [0.25, 0.3) is 11.6 Å². The highest BCUT2D eigenvalue weighted by molar-refractivity contribution is 6.24. The van der Waals surface area contributed by atoms with Crippen LogP contribution in [0.4, 0.5) is 10.5 Å². The lowest BCUT2D eigenvalue weighted by Gasteiger charge is -2.34. The Morgan fingerprint density at radius 3 is 2.33 bits per heavy atom. The van der Waals surface area contributed by atoms with Crippen molar-refractivity contribution in [2.24, 2.45) is 0 Å². The predicted molar refractivity (Wildman–Crippen MR) is 113 cm³/mol. The molecule has 1 saturated heterocycles.